The topological polar surface area (TPSA) is 49.3 Å². The number of carbonyl (C=O) groups excluding carboxylic acids is 1. The second kappa shape index (κ2) is 5.44. The Kier molecular flexibility index (Phi) is 3.47. The summed E-state index contributed by atoms with van der Waals surface area (Å²) in [4.78, 5) is 12.1. The Balaban J connectivity index is 2.00. The van der Waals surface area contributed by atoms with Crippen LogP contribution >= 0.6 is 0 Å². The zero-order valence-electron chi connectivity index (χ0n) is 11.3. The Morgan fingerprint density at radius 3 is 2.45 bits per heavy atom. The van der Waals surface area contributed by atoms with Gasteiger partial charge in [0.15, 0.2) is 0 Å². The Bertz CT molecular complexity index is 878. The van der Waals surface area contributed by atoms with E-state index < -0.39 is 17.5 Å². The van der Waals surface area contributed by atoms with Crippen LogP contribution in [0, 0.1) is 11.6 Å². The van der Waals surface area contributed by atoms with Crippen LogP contribution in [-0.4, -0.2) is 11.0 Å². The third-order valence-corrected chi connectivity index (χ3v) is 3.32. The van der Waals surface area contributed by atoms with Crippen LogP contribution in [0.3, 0.4) is 0 Å². The first-order valence-electron chi connectivity index (χ1n) is 6.53. The molecule has 2 N–H and O–H groups in total. The van der Waals surface area contributed by atoms with E-state index in [0.29, 0.717) is 22.5 Å². The highest BCUT2D eigenvalue weighted by Crippen LogP contribution is 2.30. The number of phenols is 1. The molecule has 0 bridgehead atoms. The zero-order valence-corrected chi connectivity index (χ0v) is 11.3. The van der Waals surface area contributed by atoms with E-state index in [1.807, 2.05) is 0 Å². The lowest BCUT2D eigenvalue weighted by molar-refractivity contribution is 0.102. The molecule has 0 aliphatic rings. The van der Waals surface area contributed by atoms with E-state index in [4.69, 9.17) is 0 Å². The van der Waals surface area contributed by atoms with Gasteiger partial charge >= 0.3 is 0 Å². The molecule has 0 radical (unpaired) electrons. The molecule has 3 aromatic carbocycles. The van der Waals surface area contributed by atoms with E-state index in [2.05, 4.69) is 5.32 Å². The number of amides is 1. The van der Waals surface area contributed by atoms with Crippen molar-refractivity contribution >= 4 is 22.4 Å². The number of carbonyl (C=O) groups is 1. The summed E-state index contributed by atoms with van der Waals surface area (Å²) in [6.45, 7) is 0. The van der Waals surface area contributed by atoms with Gasteiger partial charge in [-0.25, -0.2) is 8.78 Å². The summed E-state index contributed by atoms with van der Waals surface area (Å²) in [5.41, 5.74) is 0.181. The van der Waals surface area contributed by atoms with Crippen LogP contribution in [0.1, 0.15) is 10.4 Å². The summed E-state index contributed by atoms with van der Waals surface area (Å²) in [5, 5.41) is 13.6. The molecule has 0 aromatic heterocycles. The lowest BCUT2D eigenvalue weighted by atomic mass is 10.1. The zero-order chi connectivity index (χ0) is 15.7. The van der Waals surface area contributed by atoms with Crippen LogP contribution in [0.25, 0.3) is 10.8 Å². The molecule has 0 aliphatic heterocycles. The van der Waals surface area contributed by atoms with Crippen molar-refractivity contribution in [1.82, 2.24) is 0 Å². The third kappa shape index (κ3) is 2.48. The molecule has 0 heterocycles. The first kappa shape index (κ1) is 14.0. The number of nitrogens with one attached hydrogen (secondary N) is 1. The molecule has 1 amide bonds. The highest BCUT2D eigenvalue weighted by atomic mass is 19.1. The van der Waals surface area contributed by atoms with Crippen LogP contribution in [0.4, 0.5) is 14.5 Å². The Hall–Kier alpha value is -2.95. The molecule has 0 aliphatic carbocycles. The second-order valence-electron chi connectivity index (χ2n) is 4.76. The van der Waals surface area contributed by atoms with E-state index in [1.54, 1.807) is 30.3 Å². The summed E-state index contributed by atoms with van der Waals surface area (Å²) in [6, 6.07) is 12.7. The van der Waals surface area contributed by atoms with Gasteiger partial charge < -0.3 is 10.4 Å². The largest absolute Gasteiger partial charge is 0.507 e. The monoisotopic (exact) mass is 299 g/mol. The van der Waals surface area contributed by atoms with E-state index in [0.717, 1.165) is 12.1 Å². The lowest BCUT2D eigenvalue weighted by Crippen LogP contribution is -2.14. The molecule has 3 rings (SSSR count). The molecule has 5 heteroatoms. The molecule has 0 saturated heterocycles. The third-order valence-electron chi connectivity index (χ3n) is 3.32. The highest BCUT2D eigenvalue weighted by Gasteiger charge is 2.14. The number of hydrogen-bond donors (Lipinski definition) is 2. The molecule has 0 saturated carbocycles. The fourth-order valence-corrected chi connectivity index (χ4v) is 2.27. The van der Waals surface area contributed by atoms with Gasteiger partial charge in [-0.05, 0) is 24.3 Å². The summed E-state index contributed by atoms with van der Waals surface area (Å²) < 4.78 is 26.5. The molecular weight excluding hydrogens is 288 g/mol. The standard InChI is InChI=1S/C17H11F2NO2/c18-10-7-8-13(14(19)9-10)17(22)20-15-5-1-4-12-11(15)3-2-6-16(12)21/h1-9,21H,(H,20,22). The van der Waals surface area contributed by atoms with Gasteiger partial charge in [-0.3, -0.25) is 4.79 Å². The molecule has 3 nitrogen and oxygen atoms in total. The SMILES string of the molecule is O=C(Nc1cccc2c(O)cccc12)c1ccc(F)cc1F. The minimum atomic E-state index is -0.930. The van der Waals surface area contributed by atoms with Crippen LogP contribution in [0.2, 0.25) is 0 Å². The maximum absolute atomic E-state index is 13.6. The molecule has 110 valence electrons. The molecule has 3 aromatic rings. The highest BCUT2D eigenvalue weighted by molar-refractivity contribution is 6.10. The van der Waals surface area contributed by atoms with Crippen molar-refractivity contribution < 1.29 is 18.7 Å². The summed E-state index contributed by atoms with van der Waals surface area (Å²) >= 11 is 0. The first-order valence-corrected chi connectivity index (χ1v) is 6.53. The molecule has 22 heavy (non-hydrogen) atoms. The number of aromatic hydroxyl groups is 1. The molecule has 0 spiro atoms. The van der Waals surface area contributed by atoms with Gasteiger partial charge in [-0.15, -0.1) is 0 Å². The van der Waals surface area contributed by atoms with Crippen LogP contribution in [0.5, 0.6) is 5.75 Å². The minimum absolute atomic E-state index is 0.0848. The molecule has 0 atom stereocenters. The minimum Gasteiger partial charge on any atom is -0.507 e. The average Bonchev–Trinajstić information content (AvgIpc) is 2.48. The van der Waals surface area contributed by atoms with E-state index in [1.165, 1.54) is 6.07 Å². The van der Waals surface area contributed by atoms with E-state index in [9.17, 15) is 18.7 Å². The maximum atomic E-state index is 13.6. The fourth-order valence-electron chi connectivity index (χ4n) is 2.27. The van der Waals surface area contributed by atoms with Gasteiger partial charge in [0, 0.05) is 22.5 Å². The molecule has 0 fully saturated rings. The Morgan fingerprint density at radius 1 is 0.955 bits per heavy atom. The van der Waals surface area contributed by atoms with Crippen molar-refractivity contribution in [2.45, 2.75) is 0 Å². The predicted octanol–water partition coefficient (Wildman–Crippen LogP) is 4.08. The van der Waals surface area contributed by atoms with Gasteiger partial charge in [0.25, 0.3) is 5.91 Å². The van der Waals surface area contributed by atoms with Crippen molar-refractivity contribution in [2.24, 2.45) is 0 Å². The Labute approximate surface area is 124 Å². The van der Waals surface area contributed by atoms with Crippen molar-refractivity contribution in [1.29, 1.82) is 0 Å². The number of benzene rings is 3. The van der Waals surface area contributed by atoms with E-state index >= 15 is 0 Å². The number of hydrogen-bond acceptors (Lipinski definition) is 2. The average molecular weight is 299 g/mol. The molecule has 0 unspecified atom stereocenters. The van der Waals surface area contributed by atoms with Gasteiger partial charge in [-0.2, -0.15) is 0 Å². The number of anilines is 1. The van der Waals surface area contributed by atoms with Crippen molar-refractivity contribution in [2.75, 3.05) is 5.32 Å². The van der Waals surface area contributed by atoms with Crippen LogP contribution in [-0.2, 0) is 0 Å². The summed E-state index contributed by atoms with van der Waals surface area (Å²) in [6.07, 6.45) is 0. The quantitative estimate of drug-likeness (QED) is 0.749. The van der Waals surface area contributed by atoms with Gasteiger partial charge in [0.05, 0.1) is 5.56 Å². The first-order chi connectivity index (χ1) is 10.6. The number of phenolic OH excluding ortho intramolecular Hbond substituents is 1. The van der Waals surface area contributed by atoms with Gasteiger partial charge in [-0.1, -0.05) is 24.3 Å². The number of rotatable bonds is 2. The molecular formula is C17H11F2NO2. The fraction of sp³-hybridized carbons (Fsp3) is 0. The smallest absolute Gasteiger partial charge is 0.258 e. The predicted molar refractivity (Wildman–Crippen MR) is 79.9 cm³/mol. The van der Waals surface area contributed by atoms with Crippen molar-refractivity contribution in [3.8, 4) is 5.75 Å². The summed E-state index contributed by atoms with van der Waals surface area (Å²) in [7, 11) is 0. The lowest BCUT2D eigenvalue weighted by Gasteiger charge is -2.10. The van der Waals surface area contributed by atoms with Crippen LogP contribution in [0.15, 0.2) is 54.6 Å². The van der Waals surface area contributed by atoms with Crippen LogP contribution < -0.4 is 5.32 Å². The van der Waals surface area contributed by atoms with E-state index in [-0.39, 0.29) is 11.3 Å². The Morgan fingerprint density at radius 2 is 1.68 bits per heavy atom. The van der Waals surface area contributed by atoms with Gasteiger partial charge in [0.2, 0.25) is 0 Å². The van der Waals surface area contributed by atoms with Crippen molar-refractivity contribution in [3.05, 3.63) is 71.8 Å². The summed E-state index contributed by atoms with van der Waals surface area (Å²) in [5.74, 6) is -2.28. The second-order valence-corrected chi connectivity index (χ2v) is 4.76. The van der Waals surface area contributed by atoms with Gasteiger partial charge in [0.1, 0.15) is 17.4 Å². The van der Waals surface area contributed by atoms with Crippen molar-refractivity contribution in [3.63, 3.8) is 0 Å². The maximum Gasteiger partial charge on any atom is 0.258 e. The number of halogens is 2. The normalized spacial score (nSPS) is 10.6. The number of fused-ring (bicyclic) bond motifs is 1.